The van der Waals surface area contributed by atoms with Gasteiger partial charge >= 0.3 is 5.97 Å². The van der Waals surface area contributed by atoms with Crippen LogP contribution in [0.5, 0.6) is 0 Å². The highest BCUT2D eigenvalue weighted by Gasteiger charge is 2.35. The van der Waals surface area contributed by atoms with Crippen molar-refractivity contribution in [3.05, 3.63) is 29.8 Å². The van der Waals surface area contributed by atoms with E-state index in [1.165, 1.54) is 4.90 Å². The van der Waals surface area contributed by atoms with Crippen molar-refractivity contribution in [2.24, 2.45) is 0 Å². The smallest absolute Gasteiger partial charge is 0.308 e. The van der Waals surface area contributed by atoms with Crippen molar-refractivity contribution in [2.75, 3.05) is 44.6 Å². The summed E-state index contributed by atoms with van der Waals surface area (Å²) in [4.78, 5) is 53.4. The third kappa shape index (κ3) is 6.94. The van der Waals surface area contributed by atoms with E-state index in [0.717, 1.165) is 38.8 Å². The molecule has 1 aromatic rings. The van der Waals surface area contributed by atoms with Crippen LogP contribution in [-0.4, -0.2) is 78.9 Å². The predicted octanol–water partition coefficient (Wildman–Crippen LogP) is 1.79. The molecule has 2 N–H and O–H groups in total. The molecule has 2 heterocycles. The van der Waals surface area contributed by atoms with Gasteiger partial charge in [0.1, 0.15) is 6.04 Å². The summed E-state index contributed by atoms with van der Waals surface area (Å²) in [5, 5.41) is 5.77. The molecule has 2 saturated heterocycles. The molecule has 9 nitrogen and oxygen atoms in total. The van der Waals surface area contributed by atoms with Gasteiger partial charge in [-0.15, -0.1) is 0 Å². The third-order valence-electron chi connectivity index (χ3n) is 5.92. The van der Waals surface area contributed by atoms with Crippen LogP contribution in [0.4, 0.5) is 5.69 Å². The Morgan fingerprint density at radius 1 is 1.12 bits per heavy atom. The molecule has 0 aromatic heterocycles. The molecule has 2 fully saturated rings. The molecule has 1 aromatic carbocycles. The highest BCUT2D eigenvalue weighted by molar-refractivity contribution is 5.96. The average Bonchev–Trinajstić information content (AvgIpc) is 3.12. The summed E-state index contributed by atoms with van der Waals surface area (Å²) in [5.74, 6) is -1.13. The number of carbonyl (C=O) groups is 4. The zero-order chi connectivity index (χ0) is 23.6. The van der Waals surface area contributed by atoms with Crippen molar-refractivity contribution in [1.82, 2.24) is 15.1 Å². The molecule has 0 radical (unpaired) electrons. The molecule has 2 aliphatic heterocycles. The van der Waals surface area contributed by atoms with Gasteiger partial charge in [0.25, 0.3) is 5.91 Å². The summed E-state index contributed by atoms with van der Waals surface area (Å²) in [7, 11) is 0. The number of likely N-dealkylation sites (tertiary alicyclic amines) is 1. The Labute approximate surface area is 194 Å². The van der Waals surface area contributed by atoms with Gasteiger partial charge in [-0.3, -0.25) is 19.2 Å². The number of anilines is 1. The van der Waals surface area contributed by atoms with E-state index in [0.29, 0.717) is 30.8 Å². The van der Waals surface area contributed by atoms with Crippen LogP contribution < -0.4 is 10.6 Å². The predicted molar refractivity (Wildman–Crippen MR) is 124 cm³/mol. The topological polar surface area (TPSA) is 108 Å². The van der Waals surface area contributed by atoms with Crippen LogP contribution in [-0.2, 0) is 19.1 Å². The van der Waals surface area contributed by atoms with Gasteiger partial charge in [0.05, 0.1) is 19.6 Å². The Hall–Kier alpha value is -3.10. The van der Waals surface area contributed by atoms with Crippen molar-refractivity contribution < 1.29 is 23.9 Å². The Balaban J connectivity index is 1.59. The first-order valence-corrected chi connectivity index (χ1v) is 11.9. The summed E-state index contributed by atoms with van der Waals surface area (Å²) in [5.41, 5.74) is 1.24. The minimum Gasteiger partial charge on any atom is -0.466 e. The number of ether oxygens (including phenoxy) is 1. The maximum Gasteiger partial charge on any atom is 0.308 e. The second-order valence-corrected chi connectivity index (χ2v) is 8.46. The number of rotatable bonds is 8. The van der Waals surface area contributed by atoms with Crippen LogP contribution in [0.15, 0.2) is 24.3 Å². The lowest BCUT2D eigenvalue weighted by Crippen LogP contribution is -2.58. The summed E-state index contributed by atoms with van der Waals surface area (Å²) < 4.78 is 5.08. The second-order valence-electron chi connectivity index (χ2n) is 8.46. The fourth-order valence-electron chi connectivity index (χ4n) is 4.15. The standard InChI is InChI=1S/C24H34N4O5/c1-2-14-33-22(30)16-20-23(31)25-10-13-28(20)21(29)17-26-19-9-7-8-18(15-19)24(32)27-11-5-3-4-6-12-27/h7-9,15,20,26H,2-6,10-14,16-17H2,1H3,(H,25,31). The molecule has 0 aliphatic carbocycles. The molecule has 9 heteroatoms. The highest BCUT2D eigenvalue weighted by Crippen LogP contribution is 2.17. The van der Waals surface area contributed by atoms with Gasteiger partial charge < -0.3 is 25.2 Å². The normalized spacial score (nSPS) is 18.8. The van der Waals surface area contributed by atoms with E-state index >= 15 is 0 Å². The van der Waals surface area contributed by atoms with E-state index in [1.54, 1.807) is 24.3 Å². The molecule has 33 heavy (non-hydrogen) atoms. The highest BCUT2D eigenvalue weighted by atomic mass is 16.5. The Kier molecular flexibility index (Phi) is 9.09. The molecule has 1 atom stereocenters. The molecular weight excluding hydrogens is 424 g/mol. The first-order valence-electron chi connectivity index (χ1n) is 11.9. The minimum atomic E-state index is -0.881. The zero-order valence-corrected chi connectivity index (χ0v) is 19.3. The van der Waals surface area contributed by atoms with Crippen molar-refractivity contribution in [3.8, 4) is 0 Å². The monoisotopic (exact) mass is 458 g/mol. The lowest BCUT2D eigenvalue weighted by molar-refractivity contribution is -0.151. The summed E-state index contributed by atoms with van der Waals surface area (Å²) in [6.07, 6.45) is 4.87. The van der Waals surface area contributed by atoms with Gasteiger partial charge in [0.2, 0.25) is 11.8 Å². The summed E-state index contributed by atoms with van der Waals surface area (Å²) in [6, 6.07) is 6.25. The first-order chi connectivity index (χ1) is 16.0. The lowest BCUT2D eigenvalue weighted by Gasteiger charge is -2.34. The Morgan fingerprint density at radius 2 is 1.88 bits per heavy atom. The Bertz CT molecular complexity index is 851. The third-order valence-corrected chi connectivity index (χ3v) is 5.92. The summed E-state index contributed by atoms with van der Waals surface area (Å²) in [6.45, 7) is 4.33. The van der Waals surface area contributed by atoms with Crippen LogP contribution in [0.1, 0.15) is 55.8 Å². The SMILES string of the molecule is CCCOC(=O)CC1C(=O)NCCN1C(=O)CNc1cccc(C(=O)N2CCCCCC2)c1. The number of piperazine rings is 1. The van der Waals surface area contributed by atoms with Crippen LogP contribution >= 0.6 is 0 Å². The van der Waals surface area contributed by atoms with Crippen molar-refractivity contribution in [1.29, 1.82) is 0 Å². The van der Waals surface area contributed by atoms with E-state index < -0.39 is 12.0 Å². The van der Waals surface area contributed by atoms with Gasteiger partial charge in [-0.2, -0.15) is 0 Å². The fourth-order valence-corrected chi connectivity index (χ4v) is 4.15. The maximum atomic E-state index is 12.9. The van der Waals surface area contributed by atoms with E-state index in [1.807, 2.05) is 11.8 Å². The first kappa shape index (κ1) is 24.5. The molecule has 0 bridgehead atoms. The minimum absolute atomic E-state index is 0.00485. The van der Waals surface area contributed by atoms with Crippen LogP contribution in [0.3, 0.4) is 0 Å². The number of nitrogens with zero attached hydrogens (tertiary/aromatic N) is 2. The number of amides is 3. The summed E-state index contributed by atoms with van der Waals surface area (Å²) >= 11 is 0. The fraction of sp³-hybridized carbons (Fsp3) is 0.583. The van der Waals surface area contributed by atoms with E-state index in [-0.39, 0.29) is 37.3 Å². The molecule has 1 unspecified atom stereocenters. The zero-order valence-electron chi connectivity index (χ0n) is 19.3. The van der Waals surface area contributed by atoms with Gasteiger partial charge in [-0.05, 0) is 37.5 Å². The molecular formula is C24H34N4O5. The number of nitrogens with one attached hydrogen (secondary N) is 2. The number of esters is 1. The van der Waals surface area contributed by atoms with E-state index in [2.05, 4.69) is 10.6 Å². The number of hydrogen-bond donors (Lipinski definition) is 2. The van der Waals surface area contributed by atoms with Crippen LogP contribution in [0, 0.1) is 0 Å². The number of benzene rings is 1. The molecule has 180 valence electrons. The molecule has 0 spiro atoms. The van der Waals surface area contributed by atoms with Crippen molar-refractivity contribution in [2.45, 2.75) is 51.5 Å². The van der Waals surface area contributed by atoms with Gasteiger partial charge in [-0.25, -0.2) is 0 Å². The molecule has 3 rings (SSSR count). The number of carbonyl (C=O) groups excluding carboxylic acids is 4. The van der Waals surface area contributed by atoms with E-state index in [4.69, 9.17) is 4.74 Å². The quantitative estimate of drug-likeness (QED) is 0.575. The molecule has 0 saturated carbocycles. The van der Waals surface area contributed by atoms with Crippen molar-refractivity contribution >= 4 is 29.4 Å². The average molecular weight is 459 g/mol. The number of hydrogen-bond acceptors (Lipinski definition) is 6. The second kappa shape index (κ2) is 12.2. The van der Waals surface area contributed by atoms with Crippen LogP contribution in [0.2, 0.25) is 0 Å². The Morgan fingerprint density at radius 3 is 2.61 bits per heavy atom. The lowest BCUT2D eigenvalue weighted by atomic mass is 10.1. The molecule has 2 aliphatic rings. The largest absolute Gasteiger partial charge is 0.466 e. The maximum absolute atomic E-state index is 12.9. The van der Waals surface area contributed by atoms with Gasteiger partial charge in [-0.1, -0.05) is 25.8 Å². The molecule has 3 amide bonds. The van der Waals surface area contributed by atoms with Gasteiger partial charge in [0.15, 0.2) is 0 Å². The van der Waals surface area contributed by atoms with Gasteiger partial charge in [0, 0.05) is 37.4 Å². The van der Waals surface area contributed by atoms with Crippen LogP contribution in [0.25, 0.3) is 0 Å². The van der Waals surface area contributed by atoms with Crippen molar-refractivity contribution in [3.63, 3.8) is 0 Å². The van der Waals surface area contributed by atoms with E-state index in [9.17, 15) is 19.2 Å².